The van der Waals surface area contributed by atoms with E-state index in [1.165, 1.54) is 22.3 Å². The van der Waals surface area contributed by atoms with E-state index in [4.69, 9.17) is 9.98 Å². The first-order chi connectivity index (χ1) is 39.4. The van der Waals surface area contributed by atoms with Crippen molar-refractivity contribution in [2.24, 2.45) is 4.99 Å². The molecule has 0 saturated carbocycles. The molecule has 1 aromatic heterocycles. The summed E-state index contributed by atoms with van der Waals surface area (Å²) in [5, 5.41) is 19.2. The molecule has 2 heterocycles. The van der Waals surface area contributed by atoms with Gasteiger partial charge < -0.3 is 36.4 Å². The molecule has 81 heavy (non-hydrogen) atoms. The van der Waals surface area contributed by atoms with Gasteiger partial charge in [-0.1, -0.05) is 86.3 Å². The van der Waals surface area contributed by atoms with Crippen LogP contribution in [0.25, 0.3) is 39.4 Å². The highest BCUT2D eigenvalue weighted by atomic mass is 16.2. The van der Waals surface area contributed by atoms with E-state index in [0.717, 1.165) is 154 Å². The van der Waals surface area contributed by atoms with Crippen molar-refractivity contribution in [2.45, 2.75) is 79.1 Å². The zero-order chi connectivity index (χ0) is 56.2. The number of fused-ring (bicyclic) bond motifs is 4. The van der Waals surface area contributed by atoms with Gasteiger partial charge in [0, 0.05) is 92.5 Å². The maximum atomic E-state index is 13.0. The number of benzene rings is 8. The number of carbonyl (C=O) groups is 2. The topological polar surface area (TPSA) is 140 Å². The molecule has 0 radical (unpaired) electrons. The smallest absolute Gasteiger partial charge is 0.251 e. The van der Waals surface area contributed by atoms with E-state index in [9.17, 15) is 9.59 Å². The largest absolute Gasteiger partial charge is 0.385 e. The Balaban J connectivity index is 0.594. The third kappa shape index (κ3) is 13.7. The number of amides is 2. The van der Waals surface area contributed by atoms with Crippen LogP contribution in [0.4, 0.5) is 45.5 Å². The number of carbonyl (C=O) groups excluding carboxylic acids is 2. The highest BCUT2D eigenvalue weighted by Crippen LogP contribution is 2.36. The molecule has 1 aliphatic rings. The van der Waals surface area contributed by atoms with Crippen molar-refractivity contribution in [1.29, 1.82) is 0 Å². The lowest BCUT2D eigenvalue weighted by atomic mass is 10.0. The molecular weight excluding hydrogens is 1000 g/mol. The number of unbranched alkanes of at least 4 members (excludes halogenated alkanes) is 6. The molecule has 12 heteroatoms. The van der Waals surface area contributed by atoms with Crippen LogP contribution in [0.5, 0.6) is 0 Å². The first-order valence-electron chi connectivity index (χ1n) is 28.7. The lowest BCUT2D eigenvalue weighted by Gasteiger charge is -2.21. The van der Waals surface area contributed by atoms with Crippen LogP contribution in [0.3, 0.4) is 0 Å². The Morgan fingerprint density at radius 3 is 1.63 bits per heavy atom. The molecule has 1 aliphatic heterocycles. The number of nitrogens with zero attached hydrogens (tertiary/aromatic N) is 4. The molecule has 0 unspecified atom stereocenters. The number of nitrogens with one attached hydrogen (secondary N) is 6. The van der Waals surface area contributed by atoms with Crippen LogP contribution in [-0.4, -0.2) is 57.1 Å². The lowest BCUT2D eigenvalue weighted by Crippen LogP contribution is -2.24. The molecule has 0 saturated heterocycles. The second-order valence-corrected chi connectivity index (χ2v) is 21.5. The summed E-state index contributed by atoms with van der Waals surface area (Å²) in [7, 11) is 4.17. The summed E-state index contributed by atoms with van der Waals surface area (Å²) in [6, 6.07) is 53.4. The maximum absolute atomic E-state index is 13.0. The molecule has 0 bridgehead atoms. The van der Waals surface area contributed by atoms with Crippen molar-refractivity contribution in [2.75, 3.05) is 66.0 Å². The zero-order valence-corrected chi connectivity index (χ0v) is 47.7. The molecule has 412 valence electrons. The summed E-state index contributed by atoms with van der Waals surface area (Å²) < 4.78 is 0. The van der Waals surface area contributed by atoms with E-state index in [2.05, 4.69) is 186 Å². The molecule has 0 fully saturated rings. The van der Waals surface area contributed by atoms with Gasteiger partial charge in [-0.2, -0.15) is 0 Å². The molecule has 0 atom stereocenters. The zero-order valence-electron chi connectivity index (χ0n) is 47.7. The second kappa shape index (κ2) is 25.8. The summed E-state index contributed by atoms with van der Waals surface area (Å²) in [6.45, 7) is 11.5. The highest BCUT2D eigenvalue weighted by Gasteiger charge is 2.18. The van der Waals surface area contributed by atoms with Crippen molar-refractivity contribution >= 4 is 85.6 Å². The molecule has 9 aromatic rings. The minimum atomic E-state index is -0.0684. The monoisotopic (exact) mass is 1080 g/mol. The molecule has 0 spiro atoms. The number of aryl methyl sites for hydroxylation is 4. The standard InChI is InChI=1S/C69H74N10O2/c1-46-37-59-63(41-54(46)45-78(5)55-21-13-11-14-22-55)76-64-42-57(47(2)38-60(64)74-59)70-33-17-7-9-19-35-72-68(80)52-29-25-50(26-30-52)51-27-31-53(32-28-51)69(81)73-36-20-10-8-18-34-71-58-43-65-61(39-48(58)3)75-62-40-49(4)67(44-66(62)77-65)79(6)56-23-15-12-16-24-56/h11-16,21-32,37-45,70-71,76H,7-10,17-20,33-36H2,1-6H3,(H,72,80)(H,73,81)/p+1. The molecule has 2 amide bonds. The molecule has 0 aliphatic carbocycles. The third-order valence-electron chi connectivity index (χ3n) is 15.4. The van der Waals surface area contributed by atoms with Gasteiger partial charge in [0.2, 0.25) is 11.0 Å². The quantitative estimate of drug-likeness (QED) is 0.0315. The normalized spacial score (nSPS) is 11.8. The van der Waals surface area contributed by atoms with Gasteiger partial charge in [-0.05, 0) is 177 Å². The number of para-hydroxylation sites is 2. The predicted octanol–water partition coefficient (Wildman–Crippen LogP) is 13.6. The van der Waals surface area contributed by atoms with E-state index < -0.39 is 0 Å². The van der Waals surface area contributed by atoms with Crippen molar-refractivity contribution in [3.63, 3.8) is 0 Å². The molecule has 10 rings (SSSR count). The summed E-state index contributed by atoms with van der Waals surface area (Å²) in [6.07, 6.45) is 10.3. The Bertz CT molecular complexity index is 3810. The van der Waals surface area contributed by atoms with Gasteiger partial charge in [0.1, 0.15) is 11.0 Å². The van der Waals surface area contributed by atoms with Crippen LogP contribution in [-0.2, 0) is 0 Å². The fourth-order valence-electron chi connectivity index (χ4n) is 10.6. The number of hydrogen-bond donors (Lipinski definition) is 5. The Morgan fingerprint density at radius 1 is 0.519 bits per heavy atom. The first kappa shape index (κ1) is 55.3. The summed E-state index contributed by atoms with van der Waals surface area (Å²) in [4.78, 5) is 44.1. The van der Waals surface area contributed by atoms with Gasteiger partial charge in [0.05, 0.1) is 28.1 Å². The van der Waals surface area contributed by atoms with Gasteiger partial charge in [0.15, 0.2) is 0 Å². The fraction of sp³-hybridized carbons (Fsp3) is 0.261. The highest BCUT2D eigenvalue weighted by molar-refractivity contribution is 5.96. The Labute approximate surface area is 476 Å². The van der Waals surface area contributed by atoms with Crippen molar-refractivity contribution in [1.82, 2.24) is 15.6 Å². The van der Waals surface area contributed by atoms with E-state index >= 15 is 0 Å². The number of rotatable bonds is 23. The SMILES string of the molecule is Cc1cc2c(cc1NCCCCCCNC(=O)c1ccc(-c3ccc(C(=O)NCCCCCCNc4cc5[nH+]c6cc(N(C)c7ccccc7)c(C)cc6nc5cc4C)cc3)cc1)Nc1cc(=CN(C)c3ccccc3)c(C)cc1=N2. The minimum Gasteiger partial charge on any atom is -0.385 e. The van der Waals surface area contributed by atoms with Crippen LogP contribution >= 0.6 is 0 Å². The van der Waals surface area contributed by atoms with Gasteiger partial charge in [-0.15, -0.1) is 0 Å². The number of hydrogen-bond acceptors (Lipinski definition) is 9. The van der Waals surface area contributed by atoms with Crippen molar-refractivity contribution in [3.8, 4) is 11.1 Å². The van der Waals surface area contributed by atoms with Crippen LogP contribution in [0.15, 0.2) is 163 Å². The number of H-pyrrole nitrogens is 1. The number of aromatic amines is 1. The van der Waals surface area contributed by atoms with E-state index in [-0.39, 0.29) is 11.8 Å². The average molecular weight is 1080 g/mol. The van der Waals surface area contributed by atoms with Gasteiger partial charge in [-0.25, -0.2) is 15.0 Å². The summed E-state index contributed by atoms with van der Waals surface area (Å²) in [5.41, 5.74) is 20.4. The van der Waals surface area contributed by atoms with E-state index in [1.807, 2.05) is 60.7 Å². The molecule has 12 nitrogen and oxygen atoms in total. The summed E-state index contributed by atoms with van der Waals surface area (Å²) in [5.74, 6) is -0.137. The van der Waals surface area contributed by atoms with Crippen molar-refractivity contribution < 1.29 is 14.6 Å². The van der Waals surface area contributed by atoms with Crippen molar-refractivity contribution in [3.05, 3.63) is 202 Å². The Kier molecular flexibility index (Phi) is 17.6. The Morgan fingerprint density at radius 2 is 1.04 bits per heavy atom. The third-order valence-corrected chi connectivity index (χ3v) is 15.4. The average Bonchev–Trinajstić information content (AvgIpc) is 3.50. The molecule has 8 aromatic carbocycles. The molecular formula is C69H75N10O2+. The summed E-state index contributed by atoms with van der Waals surface area (Å²) >= 11 is 0. The Hall–Kier alpha value is -9.03. The second-order valence-electron chi connectivity index (χ2n) is 21.5. The van der Waals surface area contributed by atoms with Crippen LogP contribution < -0.4 is 51.9 Å². The maximum Gasteiger partial charge on any atom is 0.251 e. The van der Waals surface area contributed by atoms with E-state index in [1.54, 1.807) is 0 Å². The van der Waals surface area contributed by atoms with Crippen LogP contribution in [0.1, 0.15) is 94.3 Å². The first-order valence-corrected chi connectivity index (χ1v) is 28.7. The fourth-order valence-corrected chi connectivity index (χ4v) is 10.6. The van der Waals surface area contributed by atoms with E-state index in [0.29, 0.717) is 24.2 Å². The minimum absolute atomic E-state index is 0.0682. The number of aromatic nitrogens is 2. The van der Waals surface area contributed by atoms with Crippen LogP contribution in [0, 0.1) is 27.7 Å². The lowest BCUT2D eigenvalue weighted by molar-refractivity contribution is -0.310. The van der Waals surface area contributed by atoms with Gasteiger partial charge in [0.25, 0.3) is 11.8 Å². The molecule has 6 N–H and O–H groups in total. The number of anilines is 7. The van der Waals surface area contributed by atoms with Gasteiger partial charge in [-0.3, -0.25) is 9.59 Å². The van der Waals surface area contributed by atoms with Crippen LogP contribution in [0.2, 0.25) is 0 Å². The predicted molar refractivity (Wildman–Crippen MR) is 336 cm³/mol. The van der Waals surface area contributed by atoms with Gasteiger partial charge >= 0.3 is 0 Å².